The van der Waals surface area contributed by atoms with E-state index in [0.29, 0.717) is 12.0 Å². The number of hydrogen-bond acceptors (Lipinski definition) is 2. The molecule has 2 nitrogen and oxygen atoms in total. The summed E-state index contributed by atoms with van der Waals surface area (Å²) in [6, 6.07) is 12.4. The van der Waals surface area contributed by atoms with Crippen molar-refractivity contribution in [3.63, 3.8) is 0 Å². The summed E-state index contributed by atoms with van der Waals surface area (Å²) in [5, 5.41) is 0. The molecular formula is C16H17BrFNO. The van der Waals surface area contributed by atoms with Crippen molar-refractivity contribution in [2.24, 2.45) is 5.73 Å². The molecule has 2 rings (SSSR count). The Morgan fingerprint density at radius 2 is 2.00 bits per heavy atom. The Hall–Kier alpha value is -1.39. The normalized spacial score (nSPS) is 13.8. The van der Waals surface area contributed by atoms with Gasteiger partial charge in [-0.3, -0.25) is 0 Å². The minimum atomic E-state index is -0.670. The number of benzene rings is 2. The molecule has 2 aromatic rings. The van der Waals surface area contributed by atoms with Crippen LogP contribution in [0.4, 0.5) is 4.39 Å². The van der Waals surface area contributed by atoms with E-state index in [-0.39, 0.29) is 5.82 Å². The Morgan fingerprint density at radius 3 is 2.70 bits per heavy atom. The lowest BCUT2D eigenvalue weighted by Crippen LogP contribution is -2.35. The fraction of sp³-hybridized carbons (Fsp3) is 0.250. The van der Waals surface area contributed by atoms with Gasteiger partial charge in [-0.2, -0.15) is 0 Å². The van der Waals surface area contributed by atoms with Crippen LogP contribution < -0.4 is 10.5 Å². The average molecular weight is 338 g/mol. The maximum Gasteiger partial charge on any atom is 0.126 e. The Kier molecular flexibility index (Phi) is 4.45. The van der Waals surface area contributed by atoms with Crippen LogP contribution in [0, 0.1) is 5.82 Å². The SMILES string of the molecule is COc1cccc(C(C)(N)Cc2cc(Br)ccc2F)c1. The quantitative estimate of drug-likeness (QED) is 0.914. The Morgan fingerprint density at radius 1 is 1.25 bits per heavy atom. The fourth-order valence-electron chi connectivity index (χ4n) is 2.15. The van der Waals surface area contributed by atoms with Crippen LogP contribution in [0.5, 0.6) is 5.75 Å². The number of ether oxygens (including phenoxy) is 1. The van der Waals surface area contributed by atoms with Crippen molar-refractivity contribution in [2.45, 2.75) is 18.9 Å². The van der Waals surface area contributed by atoms with E-state index in [4.69, 9.17) is 10.5 Å². The van der Waals surface area contributed by atoms with Crippen molar-refractivity contribution in [3.8, 4) is 5.75 Å². The average Bonchev–Trinajstić information content (AvgIpc) is 2.43. The van der Waals surface area contributed by atoms with Gasteiger partial charge in [0.2, 0.25) is 0 Å². The summed E-state index contributed by atoms with van der Waals surface area (Å²) in [6.07, 6.45) is 0.408. The predicted octanol–water partition coefficient (Wildman–Crippen LogP) is 4.01. The van der Waals surface area contributed by atoms with Crippen LogP contribution in [0.25, 0.3) is 0 Å². The van der Waals surface area contributed by atoms with Gasteiger partial charge in [0.25, 0.3) is 0 Å². The topological polar surface area (TPSA) is 35.2 Å². The molecule has 20 heavy (non-hydrogen) atoms. The van der Waals surface area contributed by atoms with Crippen LogP contribution in [0.15, 0.2) is 46.9 Å². The van der Waals surface area contributed by atoms with Crippen molar-refractivity contribution >= 4 is 15.9 Å². The molecule has 0 aliphatic carbocycles. The van der Waals surface area contributed by atoms with E-state index in [9.17, 15) is 4.39 Å². The first kappa shape index (κ1) is 15.0. The highest BCUT2D eigenvalue weighted by atomic mass is 79.9. The molecule has 2 N–H and O–H groups in total. The molecule has 0 saturated carbocycles. The number of halogens is 2. The summed E-state index contributed by atoms with van der Waals surface area (Å²) >= 11 is 3.36. The van der Waals surface area contributed by atoms with Gasteiger partial charge >= 0.3 is 0 Å². The number of methoxy groups -OCH3 is 1. The van der Waals surface area contributed by atoms with E-state index in [0.717, 1.165) is 15.8 Å². The third-order valence-corrected chi connectivity index (χ3v) is 3.79. The molecule has 0 spiro atoms. The van der Waals surface area contributed by atoms with Crippen molar-refractivity contribution in [1.29, 1.82) is 0 Å². The molecule has 0 bridgehead atoms. The van der Waals surface area contributed by atoms with Crippen LogP contribution in [0.3, 0.4) is 0 Å². The zero-order chi connectivity index (χ0) is 14.8. The minimum absolute atomic E-state index is 0.243. The first-order valence-electron chi connectivity index (χ1n) is 6.30. The first-order chi connectivity index (χ1) is 9.42. The molecule has 0 radical (unpaired) electrons. The van der Waals surface area contributed by atoms with E-state index < -0.39 is 5.54 Å². The monoisotopic (exact) mass is 337 g/mol. The molecule has 0 aliphatic rings. The van der Waals surface area contributed by atoms with E-state index >= 15 is 0 Å². The molecule has 4 heteroatoms. The summed E-state index contributed by atoms with van der Waals surface area (Å²) < 4.78 is 19.9. The van der Waals surface area contributed by atoms with Gasteiger partial charge in [0.15, 0.2) is 0 Å². The lowest BCUT2D eigenvalue weighted by molar-refractivity contribution is 0.410. The zero-order valence-electron chi connectivity index (χ0n) is 11.5. The summed E-state index contributed by atoms with van der Waals surface area (Å²) in [7, 11) is 1.61. The van der Waals surface area contributed by atoms with Gasteiger partial charge in [0, 0.05) is 10.0 Å². The highest BCUT2D eigenvalue weighted by Gasteiger charge is 2.23. The molecule has 0 aromatic heterocycles. The van der Waals surface area contributed by atoms with Crippen LogP contribution in [-0.4, -0.2) is 7.11 Å². The van der Waals surface area contributed by atoms with E-state index in [1.54, 1.807) is 19.2 Å². The van der Waals surface area contributed by atoms with Gasteiger partial charge < -0.3 is 10.5 Å². The molecule has 1 unspecified atom stereocenters. The predicted molar refractivity (Wildman–Crippen MR) is 82.3 cm³/mol. The molecule has 0 fully saturated rings. The van der Waals surface area contributed by atoms with Crippen LogP contribution in [0.2, 0.25) is 0 Å². The molecule has 0 aliphatic heterocycles. The third kappa shape index (κ3) is 3.38. The van der Waals surface area contributed by atoms with Crippen LogP contribution >= 0.6 is 15.9 Å². The molecular weight excluding hydrogens is 321 g/mol. The molecule has 2 aromatic carbocycles. The second-order valence-electron chi connectivity index (χ2n) is 5.06. The standard InChI is InChI=1S/C16H17BrFNO/c1-16(19,12-4-3-5-14(9-12)20-2)10-11-8-13(17)6-7-15(11)18/h3-9H,10,19H2,1-2H3. The van der Waals surface area contributed by atoms with E-state index in [1.165, 1.54) is 6.07 Å². The summed E-state index contributed by atoms with van der Waals surface area (Å²) in [5.74, 6) is 0.502. The van der Waals surface area contributed by atoms with Crippen LogP contribution in [0.1, 0.15) is 18.1 Å². The Balaban J connectivity index is 2.32. The summed E-state index contributed by atoms with van der Waals surface area (Å²) in [4.78, 5) is 0. The van der Waals surface area contributed by atoms with Crippen molar-refractivity contribution in [3.05, 3.63) is 63.9 Å². The van der Waals surface area contributed by atoms with Gasteiger partial charge in [-0.15, -0.1) is 0 Å². The lowest BCUT2D eigenvalue weighted by Gasteiger charge is -2.26. The molecule has 0 amide bonds. The fourth-order valence-corrected chi connectivity index (χ4v) is 2.56. The summed E-state index contributed by atoms with van der Waals surface area (Å²) in [5.41, 5.74) is 7.21. The van der Waals surface area contributed by atoms with Gasteiger partial charge in [-0.25, -0.2) is 4.39 Å². The smallest absolute Gasteiger partial charge is 0.126 e. The largest absolute Gasteiger partial charge is 0.497 e. The highest BCUT2D eigenvalue weighted by molar-refractivity contribution is 9.10. The minimum Gasteiger partial charge on any atom is -0.497 e. The second kappa shape index (κ2) is 5.94. The molecule has 1 atom stereocenters. The summed E-state index contributed by atoms with van der Waals surface area (Å²) in [6.45, 7) is 1.89. The first-order valence-corrected chi connectivity index (χ1v) is 7.09. The maximum absolute atomic E-state index is 13.9. The van der Waals surface area contributed by atoms with Crippen molar-refractivity contribution in [2.75, 3.05) is 7.11 Å². The van der Waals surface area contributed by atoms with E-state index in [2.05, 4.69) is 15.9 Å². The highest BCUT2D eigenvalue weighted by Crippen LogP contribution is 2.28. The molecule has 0 heterocycles. The Labute approximate surface area is 126 Å². The molecule has 106 valence electrons. The van der Waals surface area contributed by atoms with E-state index in [1.807, 2.05) is 31.2 Å². The number of hydrogen-bond donors (Lipinski definition) is 1. The van der Waals surface area contributed by atoms with Gasteiger partial charge in [-0.1, -0.05) is 28.1 Å². The Bertz CT molecular complexity index is 613. The van der Waals surface area contributed by atoms with Crippen molar-refractivity contribution in [1.82, 2.24) is 0 Å². The van der Waals surface area contributed by atoms with Gasteiger partial charge in [0.05, 0.1) is 7.11 Å². The van der Waals surface area contributed by atoms with Crippen LogP contribution in [-0.2, 0) is 12.0 Å². The third-order valence-electron chi connectivity index (χ3n) is 3.29. The number of nitrogens with two attached hydrogens (primary N) is 1. The van der Waals surface area contributed by atoms with Gasteiger partial charge in [-0.05, 0) is 54.8 Å². The van der Waals surface area contributed by atoms with Gasteiger partial charge in [0.1, 0.15) is 11.6 Å². The maximum atomic E-state index is 13.9. The van der Waals surface area contributed by atoms with Crippen molar-refractivity contribution < 1.29 is 9.13 Å². The molecule has 0 saturated heterocycles. The lowest BCUT2D eigenvalue weighted by atomic mass is 9.86. The number of rotatable bonds is 4. The second-order valence-corrected chi connectivity index (χ2v) is 5.98. The zero-order valence-corrected chi connectivity index (χ0v) is 13.1.